The van der Waals surface area contributed by atoms with Crippen LogP contribution in [0.3, 0.4) is 0 Å². The minimum absolute atomic E-state index is 0.00659. The van der Waals surface area contributed by atoms with E-state index in [0.29, 0.717) is 18.8 Å². The number of carboxylic acids is 2. The molecule has 0 radical (unpaired) electrons. The number of aliphatic hydroxyl groups is 1. The number of nitrogens with one attached hydrogen (secondary N) is 1. The van der Waals surface area contributed by atoms with Crippen molar-refractivity contribution in [1.82, 2.24) is 15.3 Å². The van der Waals surface area contributed by atoms with Gasteiger partial charge in [-0.15, -0.1) is 0 Å². The minimum atomic E-state index is -1.22. The zero-order valence-corrected chi connectivity index (χ0v) is 28.5. The molecule has 0 bridgehead atoms. The molecular weight excluding hydrogens is 582 g/mol. The molecule has 6 rings (SSSR count). The number of hydrogen-bond donors (Lipinski definition) is 4. The number of aromatic nitrogens is 2. The molecule has 9 heteroatoms. The predicted octanol–water partition coefficient (Wildman–Crippen LogP) is 5.70. The molecule has 9 atom stereocenters. The summed E-state index contributed by atoms with van der Waals surface area (Å²) in [6.07, 6.45) is 13.3. The molecule has 0 unspecified atom stereocenters. The highest BCUT2D eigenvalue weighted by Gasteiger charge is 2.69. The Labute approximate surface area is 273 Å². The topological polar surface area (TPSA) is 150 Å². The van der Waals surface area contributed by atoms with Crippen LogP contribution in [0.5, 0.6) is 0 Å². The van der Waals surface area contributed by atoms with Gasteiger partial charge in [0.15, 0.2) is 0 Å². The molecule has 46 heavy (non-hydrogen) atoms. The Balaban J connectivity index is 1.39. The van der Waals surface area contributed by atoms with Crippen molar-refractivity contribution in [2.75, 3.05) is 6.61 Å². The summed E-state index contributed by atoms with van der Waals surface area (Å²) in [7, 11) is 0. The molecule has 5 aliphatic carbocycles. The lowest BCUT2D eigenvalue weighted by molar-refractivity contribution is -0.172. The van der Waals surface area contributed by atoms with Gasteiger partial charge in [-0.3, -0.25) is 19.6 Å². The quantitative estimate of drug-likeness (QED) is 0.279. The summed E-state index contributed by atoms with van der Waals surface area (Å²) in [6, 6.07) is -1.22. The van der Waals surface area contributed by atoms with E-state index < -0.39 is 28.8 Å². The first-order valence-electron chi connectivity index (χ1n) is 17.3. The lowest BCUT2D eigenvalue weighted by Crippen LogP contribution is -2.66. The standard InChI is InChI=1S/C37H53N3O6/c1-32(2)13-15-37(31(46)40-24(30(44)45)8-10-28(42)43)16-14-35(5)22(23(37)19-32)7-9-27-33(3)20-25-29(39-18-17-38-25)34(4,21-41)26(33)11-12-36(27,35)6/h7,17-18,23-24,26-27,41H,8-16,19-21H2,1-6H3,(H,40,46)(H,42,43)(H,44,45)/t23-,24-,26+,27+,33-,34-,35+,36+,37-/m0/s1. The van der Waals surface area contributed by atoms with Crippen LogP contribution in [-0.2, 0) is 26.2 Å². The summed E-state index contributed by atoms with van der Waals surface area (Å²) in [5.41, 5.74) is 1.94. The zero-order valence-electron chi connectivity index (χ0n) is 28.5. The summed E-state index contributed by atoms with van der Waals surface area (Å²) in [5.74, 6) is -1.86. The maximum absolute atomic E-state index is 14.3. The van der Waals surface area contributed by atoms with Crippen molar-refractivity contribution in [3.8, 4) is 0 Å². The van der Waals surface area contributed by atoms with Crippen molar-refractivity contribution >= 4 is 17.8 Å². The van der Waals surface area contributed by atoms with E-state index in [0.717, 1.165) is 56.3 Å². The third-order valence-corrected chi connectivity index (χ3v) is 14.6. The average molecular weight is 636 g/mol. The van der Waals surface area contributed by atoms with Crippen molar-refractivity contribution in [2.24, 2.45) is 44.8 Å². The van der Waals surface area contributed by atoms with E-state index in [1.807, 2.05) is 0 Å². The Morgan fingerprint density at radius 1 is 0.957 bits per heavy atom. The van der Waals surface area contributed by atoms with Crippen molar-refractivity contribution in [1.29, 1.82) is 0 Å². The van der Waals surface area contributed by atoms with Crippen LogP contribution in [0.4, 0.5) is 0 Å². The number of allylic oxidation sites excluding steroid dienone is 2. The maximum Gasteiger partial charge on any atom is 0.326 e. The Morgan fingerprint density at radius 3 is 2.33 bits per heavy atom. The number of fused-ring (bicyclic) bond motifs is 8. The van der Waals surface area contributed by atoms with E-state index >= 15 is 0 Å². The molecule has 252 valence electrons. The Morgan fingerprint density at radius 2 is 1.65 bits per heavy atom. The van der Waals surface area contributed by atoms with Crippen molar-refractivity contribution in [3.63, 3.8) is 0 Å². The molecule has 1 aromatic heterocycles. The van der Waals surface area contributed by atoms with Crippen LogP contribution >= 0.6 is 0 Å². The van der Waals surface area contributed by atoms with E-state index in [2.05, 4.69) is 52.9 Å². The zero-order chi connectivity index (χ0) is 33.5. The fourth-order valence-electron chi connectivity index (χ4n) is 11.8. The van der Waals surface area contributed by atoms with Gasteiger partial charge in [0.2, 0.25) is 5.91 Å². The summed E-state index contributed by atoms with van der Waals surface area (Å²) < 4.78 is 0. The second-order valence-electron chi connectivity index (χ2n) is 17.3. The Bertz CT molecular complexity index is 1470. The number of carbonyl (C=O) groups excluding carboxylic acids is 1. The van der Waals surface area contributed by atoms with Crippen molar-refractivity contribution in [2.45, 2.75) is 124 Å². The molecule has 9 nitrogen and oxygen atoms in total. The van der Waals surface area contributed by atoms with Crippen LogP contribution in [0.15, 0.2) is 24.0 Å². The number of amides is 1. The molecular formula is C37H53N3O6. The largest absolute Gasteiger partial charge is 0.481 e. The predicted molar refractivity (Wildman–Crippen MR) is 173 cm³/mol. The lowest BCUT2D eigenvalue weighted by atomic mass is 9.33. The Hall–Kier alpha value is -2.81. The fourth-order valence-corrected chi connectivity index (χ4v) is 11.8. The molecule has 1 aromatic rings. The number of carbonyl (C=O) groups is 3. The summed E-state index contributed by atoms with van der Waals surface area (Å²) in [6.45, 7) is 14.1. The van der Waals surface area contributed by atoms with Gasteiger partial charge < -0.3 is 20.6 Å². The number of aliphatic hydroxyl groups excluding tert-OH is 1. The number of nitrogens with zero attached hydrogens (tertiary/aromatic N) is 2. The van der Waals surface area contributed by atoms with Gasteiger partial charge in [0, 0.05) is 24.2 Å². The van der Waals surface area contributed by atoms with Gasteiger partial charge in [-0.05, 0) is 104 Å². The second-order valence-corrected chi connectivity index (χ2v) is 17.3. The highest BCUT2D eigenvalue weighted by atomic mass is 16.4. The molecule has 4 N–H and O–H groups in total. The molecule has 0 spiro atoms. The van der Waals surface area contributed by atoms with Crippen LogP contribution in [-0.4, -0.2) is 55.8 Å². The van der Waals surface area contributed by atoms with Crippen LogP contribution in [0.25, 0.3) is 0 Å². The summed E-state index contributed by atoms with van der Waals surface area (Å²) in [4.78, 5) is 47.3. The van der Waals surface area contributed by atoms with E-state index in [-0.39, 0.29) is 58.9 Å². The molecule has 1 heterocycles. The van der Waals surface area contributed by atoms with Gasteiger partial charge in [-0.2, -0.15) is 0 Å². The minimum Gasteiger partial charge on any atom is -0.481 e. The second kappa shape index (κ2) is 10.9. The average Bonchev–Trinajstić information content (AvgIpc) is 2.98. The first-order valence-corrected chi connectivity index (χ1v) is 17.3. The molecule has 0 aliphatic heterocycles. The number of rotatable bonds is 7. The highest BCUT2D eigenvalue weighted by molar-refractivity contribution is 5.88. The van der Waals surface area contributed by atoms with Gasteiger partial charge in [0.25, 0.3) is 0 Å². The van der Waals surface area contributed by atoms with Crippen LogP contribution < -0.4 is 5.32 Å². The van der Waals surface area contributed by atoms with Gasteiger partial charge in [0.05, 0.1) is 23.4 Å². The van der Waals surface area contributed by atoms with Gasteiger partial charge >= 0.3 is 11.9 Å². The lowest BCUT2D eigenvalue weighted by Gasteiger charge is -2.70. The maximum atomic E-state index is 14.3. The monoisotopic (exact) mass is 635 g/mol. The third kappa shape index (κ3) is 4.61. The van der Waals surface area contributed by atoms with E-state index in [1.165, 1.54) is 5.57 Å². The summed E-state index contributed by atoms with van der Waals surface area (Å²) >= 11 is 0. The van der Waals surface area contributed by atoms with Gasteiger partial charge in [-0.1, -0.05) is 53.2 Å². The van der Waals surface area contributed by atoms with Crippen LogP contribution in [0.2, 0.25) is 0 Å². The van der Waals surface area contributed by atoms with Gasteiger partial charge in [0.1, 0.15) is 6.04 Å². The smallest absolute Gasteiger partial charge is 0.326 e. The normalized spacial score (nSPS) is 41.3. The number of hydrogen-bond acceptors (Lipinski definition) is 6. The van der Waals surface area contributed by atoms with Gasteiger partial charge in [-0.25, -0.2) is 4.79 Å². The first kappa shape index (κ1) is 33.1. The Kier molecular flexibility index (Phi) is 7.81. The number of carboxylic acid groups (broad SMARTS) is 2. The van der Waals surface area contributed by atoms with E-state index in [9.17, 15) is 29.7 Å². The highest BCUT2D eigenvalue weighted by Crippen LogP contribution is 2.75. The third-order valence-electron chi connectivity index (χ3n) is 14.6. The fraction of sp³-hybridized carbons (Fsp3) is 0.757. The van der Waals surface area contributed by atoms with Crippen molar-refractivity contribution < 1.29 is 29.7 Å². The van der Waals surface area contributed by atoms with Crippen molar-refractivity contribution in [3.05, 3.63) is 35.4 Å². The molecule has 3 fully saturated rings. The van der Waals surface area contributed by atoms with E-state index in [1.54, 1.807) is 12.4 Å². The molecule has 0 saturated heterocycles. The molecule has 3 saturated carbocycles. The summed E-state index contributed by atoms with van der Waals surface area (Å²) in [5, 5.41) is 32.8. The molecule has 5 aliphatic rings. The van der Waals surface area contributed by atoms with E-state index in [4.69, 9.17) is 9.97 Å². The first-order chi connectivity index (χ1) is 21.5. The van der Waals surface area contributed by atoms with Crippen LogP contribution in [0.1, 0.15) is 117 Å². The SMILES string of the molecule is CC1(C)CC[C@]2(C(=O)N[C@@H](CCC(=O)O)C(=O)O)CC[C@]3(C)C(=CC[C@@H]4[C@@]5(C)Cc6nccnc6[C@@](C)(CO)[C@@H]5CC[C@]43C)[C@@H]2C1. The molecule has 0 aromatic carbocycles. The van der Waals surface area contributed by atoms with Crippen LogP contribution in [0, 0.1) is 44.8 Å². The molecule has 1 amide bonds. The number of aliphatic carboxylic acids is 2.